The number of hydrogen-bond donors (Lipinski definition) is 0. The Bertz CT molecular complexity index is 162. The predicted molar refractivity (Wildman–Crippen MR) is 41.8 cm³/mol. The number of rotatable bonds is 1. The molecule has 1 saturated heterocycles. The summed E-state index contributed by atoms with van der Waals surface area (Å²) in [5, 5.41) is 0. The van der Waals surface area contributed by atoms with Crippen LogP contribution in [0.1, 0.15) is 0 Å². The van der Waals surface area contributed by atoms with Gasteiger partial charge in [0.05, 0.1) is 19.4 Å². The molecule has 0 aromatic heterocycles. The zero-order valence-electron chi connectivity index (χ0n) is 6.62. The molecule has 1 fully saturated rings. The van der Waals surface area contributed by atoms with Gasteiger partial charge in [-0.05, 0) is 0 Å². The van der Waals surface area contributed by atoms with Gasteiger partial charge in [-0.3, -0.25) is 9.79 Å². The lowest BCUT2D eigenvalue weighted by Gasteiger charge is -2.25. The SMILES string of the molecule is C/N=C/C(=O)N1CCOCC1. The molecule has 0 unspecified atom stereocenters. The standard InChI is InChI=1S/C7H12N2O2/c1-8-6-7(10)9-2-4-11-5-3-9/h6H,2-5H2,1H3/b8-6+. The summed E-state index contributed by atoms with van der Waals surface area (Å²) in [6, 6.07) is 0. The maximum Gasteiger partial charge on any atom is 0.264 e. The van der Waals surface area contributed by atoms with Gasteiger partial charge in [0.25, 0.3) is 5.91 Å². The predicted octanol–water partition coefficient (Wildman–Crippen LogP) is -0.454. The van der Waals surface area contributed by atoms with Gasteiger partial charge in [0.1, 0.15) is 0 Å². The van der Waals surface area contributed by atoms with Crippen LogP contribution < -0.4 is 0 Å². The van der Waals surface area contributed by atoms with E-state index < -0.39 is 0 Å². The highest BCUT2D eigenvalue weighted by Crippen LogP contribution is 1.95. The molecule has 0 saturated carbocycles. The molecule has 4 nitrogen and oxygen atoms in total. The second kappa shape index (κ2) is 4.08. The van der Waals surface area contributed by atoms with E-state index in [0.717, 1.165) is 0 Å². The lowest BCUT2D eigenvalue weighted by molar-refractivity contribution is -0.127. The summed E-state index contributed by atoms with van der Waals surface area (Å²) >= 11 is 0. The summed E-state index contributed by atoms with van der Waals surface area (Å²) in [6.45, 7) is 2.66. The fraction of sp³-hybridized carbons (Fsp3) is 0.714. The normalized spacial score (nSPS) is 19.2. The molecular formula is C7H12N2O2. The Hall–Kier alpha value is -0.900. The minimum absolute atomic E-state index is 0.0178. The number of morpholine rings is 1. The van der Waals surface area contributed by atoms with Gasteiger partial charge in [-0.2, -0.15) is 0 Å². The van der Waals surface area contributed by atoms with Gasteiger partial charge in [-0.1, -0.05) is 0 Å². The molecule has 0 aliphatic carbocycles. The summed E-state index contributed by atoms with van der Waals surface area (Å²) < 4.78 is 5.09. The highest BCUT2D eigenvalue weighted by molar-refractivity contribution is 6.26. The Morgan fingerprint density at radius 3 is 2.73 bits per heavy atom. The molecule has 0 radical (unpaired) electrons. The number of amides is 1. The molecule has 0 N–H and O–H groups in total. The molecule has 4 heteroatoms. The van der Waals surface area contributed by atoms with Crippen molar-refractivity contribution >= 4 is 12.1 Å². The van der Waals surface area contributed by atoms with Crippen LogP contribution >= 0.6 is 0 Å². The third-order valence-corrected chi connectivity index (χ3v) is 1.56. The number of carbonyl (C=O) groups is 1. The third-order valence-electron chi connectivity index (χ3n) is 1.56. The Morgan fingerprint density at radius 2 is 2.18 bits per heavy atom. The molecule has 1 aliphatic rings. The van der Waals surface area contributed by atoms with E-state index in [1.54, 1.807) is 11.9 Å². The fourth-order valence-corrected chi connectivity index (χ4v) is 0.976. The quantitative estimate of drug-likeness (QED) is 0.482. The second-order valence-electron chi connectivity index (χ2n) is 2.32. The van der Waals surface area contributed by atoms with Gasteiger partial charge in [0.2, 0.25) is 0 Å². The van der Waals surface area contributed by atoms with Crippen molar-refractivity contribution in [3.63, 3.8) is 0 Å². The maximum absolute atomic E-state index is 11.1. The molecule has 1 amide bonds. The summed E-state index contributed by atoms with van der Waals surface area (Å²) in [5.74, 6) is -0.0178. The summed E-state index contributed by atoms with van der Waals surface area (Å²) in [6.07, 6.45) is 1.34. The Balaban J connectivity index is 2.38. The third kappa shape index (κ3) is 2.31. The van der Waals surface area contributed by atoms with Crippen LogP contribution in [0.5, 0.6) is 0 Å². The van der Waals surface area contributed by atoms with E-state index in [0.29, 0.717) is 26.3 Å². The van der Waals surface area contributed by atoms with E-state index in [-0.39, 0.29) is 5.91 Å². The minimum atomic E-state index is -0.0178. The minimum Gasteiger partial charge on any atom is -0.378 e. The fourth-order valence-electron chi connectivity index (χ4n) is 0.976. The van der Waals surface area contributed by atoms with E-state index in [4.69, 9.17) is 4.74 Å². The van der Waals surface area contributed by atoms with Crippen LogP contribution in [0, 0.1) is 0 Å². The van der Waals surface area contributed by atoms with Crippen molar-refractivity contribution in [1.82, 2.24) is 4.90 Å². The highest BCUT2D eigenvalue weighted by atomic mass is 16.5. The van der Waals surface area contributed by atoms with E-state index in [9.17, 15) is 4.79 Å². The van der Waals surface area contributed by atoms with Gasteiger partial charge in [0, 0.05) is 20.1 Å². The first-order valence-corrected chi connectivity index (χ1v) is 3.63. The molecule has 0 bridgehead atoms. The average Bonchev–Trinajstić information content (AvgIpc) is 2.07. The number of aliphatic imine (C=N–C) groups is 1. The van der Waals surface area contributed by atoms with E-state index in [1.807, 2.05) is 0 Å². The van der Waals surface area contributed by atoms with Crippen molar-refractivity contribution in [2.45, 2.75) is 0 Å². The molecule has 11 heavy (non-hydrogen) atoms. The second-order valence-corrected chi connectivity index (χ2v) is 2.32. The highest BCUT2D eigenvalue weighted by Gasteiger charge is 2.13. The molecule has 0 aromatic rings. The van der Waals surface area contributed by atoms with E-state index >= 15 is 0 Å². The lowest BCUT2D eigenvalue weighted by atomic mass is 10.4. The topological polar surface area (TPSA) is 41.9 Å². The molecule has 0 aromatic carbocycles. The smallest absolute Gasteiger partial charge is 0.264 e. The van der Waals surface area contributed by atoms with Crippen LogP contribution in [0.2, 0.25) is 0 Å². The van der Waals surface area contributed by atoms with Crippen LogP contribution in [0.3, 0.4) is 0 Å². The Kier molecular flexibility index (Phi) is 3.04. The number of hydrogen-bond acceptors (Lipinski definition) is 3. The molecule has 1 rings (SSSR count). The van der Waals surface area contributed by atoms with Crippen LogP contribution in [0.15, 0.2) is 4.99 Å². The van der Waals surface area contributed by atoms with Crippen molar-refractivity contribution in [3.05, 3.63) is 0 Å². The van der Waals surface area contributed by atoms with Crippen LogP contribution in [-0.4, -0.2) is 50.4 Å². The van der Waals surface area contributed by atoms with E-state index in [2.05, 4.69) is 4.99 Å². The van der Waals surface area contributed by atoms with Gasteiger partial charge >= 0.3 is 0 Å². The van der Waals surface area contributed by atoms with Crippen molar-refractivity contribution < 1.29 is 9.53 Å². The number of ether oxygens (including phenoxy) is 1. The van der Waals surface area contributed by atoms with Gasteiger partial charge < -0.3 is 9.64 Å². The van der Waals surface area contributed by atoms with Crippen molar-refractivity contribution in [2.75, 3.05) is 33.4 Å². The van der Waals surface area contributed by atoms with Gasteiger partial charge in [-0.25, -0.2) is 0 Å². The lowest BCUT2D eigenvalue weighted by Crippen LogP contribution is -2.41. The molecule has 1 aliphatic heterocycles. The molecular weight excluding hydrogens is 144 g/mol. The van der Waals surface area contributed by atoms with Crippen LogP contribution in [0.4, 0.5) is 0 Å². The monoisotopic (exact) mass is 156 g/mol. The number of carbonyl (C=O) groups excluding carboxylic acids is 1. The van der Waals surface area contributed by atoms with Crippen molar-refractivity contribution in [1.29, 1.82) is 0 Å². The molecule has 0 spiro atoms. The summed E-state index contributed by atoms with van der Waals surface area (Å²) in [7, 11) is 1.60. The first kappa shape index (κ1) is 8.20. The Morgan fingerprint density at radius 1 is 1.55 bits per heavy atom. The summed E-state index contributed by atoms with van der Waals surface area (Å²) in [4.78, 5) is 16.5. The maximum atomic E-state index is 11.1. The van der Waals surface area contributed by atoms with Crippen molar-refractivity contribution in [2.24, 2.45) is 4.99 Å². The molecule has 1 heterocycles. The first-order valence-electron chi connectivity index (χ1n) is 3.63. The zero-order chi connectivity index (χ0) is 8.10. The molecule has 62 valence electrons. The van der Waals surface area contributed by atoms with Crippen LogP contribution in [-0.2, 0) is 9.53 Å². The van der Waals surface area contributed by atoms with E-state index in [1.165, 1.54) is 6.21 Å². The average molecular weight is 156 g/mol. The first-order chi connectivity index (χ1) is 5.34. The zero-order valence-corrected chi connectivity index (χ0v) is 6.62. The number of nitrogens with zero attached hydrogens (tertiary/aromatic N) is 2. The summed E-state index contributed by atoms with van der Waals surface area (Å²) in [5.41, 5.74) is 0. The van der Waals surface area contributed by atoms with Crippen LogP contribution in [0.25, 0.3) is 0 Å². The van der Waals surface area contributed by atoms with Gasteiger partial charge in [0.15, 0.2) is 0 Å². The van der Waals surface area contributed by atoms with Crippen molar-refractivity contribution in [3.8, 4) is 0 Å². The Labute approximate surface area is 65.9 Å². The largest absolute Gasteiger partial charge is 0.378 e. The molecule has 0 atom stereocenters. The van der Waals surface area contributed by atoms with Gasteiger partial charge in [-0.15, -0.1) is 0 Å².